The van der Waals surface area contributed by atoms with Gasteiger partial charge in [0.05, 0.1) is 5.75 Å². The van der Waals surface area contributed by atoms with E-state index in [0.29, 0.717) is 19.5 Å². The maximum Gasteiger partial charge on any atom is 0.219 e. The molecule has 0 bridgehead atoms. The highest BCUT2D eigenvalue weighted by atomic mass is 32.2. The average molecular weight is 298 g/mol. The lowest BCUT2D eigenvalue weighted by Gasteiger charge is -2.21. The molecule has 0 atom stereocenters. The van der Waals surface area contributed by atoms with Crippen molar-refractivity contribution in [2.45, 2.75) is 26.8 Å². The molecule has 20 heavy (non-hydrogen) atoms. The Morgan fingerprint density at radius 1 is 1.25 bits per heavy atom. The normalized spacial score (nSPS) is 11.3. The van der Waals surface area contributed by atoms with Crippen molar-refractivity contribution < 1.29 is 13.2 Å². The molecule has 1 aromatic rings. The fourth-order valence-corrected chi connectivity index (χ4v) is 2.91. The summed E-state index contributed by atoms with van der Waals surface area (Å²) >= 11 is 0. The van der Waals surface area contributed by atoms with Gasteiger partial charge in [-0.05, 0) is 12.0 Å². The molecule has 0 aliphatic rings. The summed E-state index contributed by atoms with van der Waals surface area (Å²) in [5, 5.41) is 0. The highest BCUT2D eigenvalue weighted by molar-refractivity contribution is 7.89. The Morgan fingerprint density at radius 2 is 1.90 bits per heavy atom. The lowest BCUT2D eigenvalue weighted by atomic mass is 10.2. The van der Waals surface area contributed by atoms with Gasteiger partial charge in [-0.15, -0.1) is 0 Å². The quantitative estimate of drug-likeness (QED) is 0.788. The number of amides is 1. The first kappa shape index (κ1) is 16.7. The second kappa shape index (κ2) is 8.01. The van der Waals surface area contributed by atoms with Crippen LogP contribution in [0.25, 0.3) is 0 Å². The van der Waals surface area contributed by atoms with Crippen molar-refractivity contribution in [1.82, 2.24) is 9.62 Å². The maximum absolute atomic E-state index is 11.6. The van der Waals surface area contributed by atoms with E-state index in [1.165, 1.54) is 6.92 Å². The lowest BCUT2D eigenvalue weighted by Crippen LogP contribution is -2.37. The van der Waals surface area contributed by atoms with Gasteiger partial charge >= 0.3 is 0 Å². The van der Waals surface area contributed by atoms with E-state index in [1.807, 2.05) is 37.3 Å². The number of hydrogen-bond acceptors (Lipinski definition) is 3. The second-order valence-corrected chi connectivity index (χ2v) is 6.57. The predicted octanol–water partition coefficient (Wildman–Crippen LogP) is 1.36. The van der Waals surface area contributed by atoms with E-state index in [0.717, 1.165) is 5.56 Å². The molecule has 1 aromatic carbocycles. The highest BCUT2D eigenvalue weighted by Crippen LogP contribution is 2.04. The summed E-state index contributed by atoms with van der Waals surface area (Å²) < 4.78 is 25.6. The van der Waals surface area contributed by atoms with Crippen molar-refractivity contribution in [3.63, 3.8) is 0 Å². The molecule has 0 saturated carbocycles. The molecule has 0 aliphatic heterocycles. The first-order chi connectivity index (χ1) is 9.44. The van der Waals surface area contributed by atoms with Crippen molar-refractivity contribution in [2.24, 2.45) is 0 Å². The summed E-state index contributed by atoms with van der Waals surface area (Å²) in [5.74, 6) is 0.0507. The Balaban J connectivity index is 2.50. The van der Waals surface area contributed by atoms with E-state index in [4.69, 9.17) is 0 Å². The van der Waals surface area contributed by atoms with Gasteiger partial charge in [0.2, 0.25) is 15.9 Å². The van der Waals surface area contributed by atoms with Crippen LogP contribution in [0.5, 0.6) is 0 Å². The van der Waals surface area contributed by atoms with E-state index in [-0.39, 0.29) is 18.2 Å². The largest absolute Gasteiger partial charge is 0.337 e. The van der Waals surface area contributed by atoms with Crippen LogP contribution < -0.4 is 4.72 Å². The molecule has 0 fully saturated rings. The van der Waals surface area contributed by atoms with Crippen molar-refractivity contribution in [1.29, 1.82) is 0 Å². The molecule has 0 spiro atoms. The number of hydrogen-bond donors (Lipinski definition) is 1. The number of rotatable bonds is 8. The van der Waals surface area contributed by atoms with E-state index >= 15 is 0 Å². The SMILES string of the molecule is CCCS(=O)(=O)NCCN(Cc1ccccc1)C(C)=O. The summed E-state index contributed by atoms with van der Waals surface area (Å²) in [6, 6.07) is 9.63. The van der Waals surface area contributed by atoms with E-state index < -0.39 is 10.0 Å². The fraction of sp³-hybridized carbons (Fsp3) is 0.500. The van der Waals surface area contributed by atoms with Crippen LogP contribution in [0.1, 0.15) is 25.8 Å². The first-order valence-electron chi connectivity index (χ1n) is 6.71. The van der Waals surface area contributed by atoms with Crippen LogP contribution in [0.3, 0.4) is 0 Å². The topological polar surface area (TPSA) is 66.5 Å². The van der Waals surface area contributed by atoms with Gasteiger partial charge in [0.15, 0.2) is 0 Å². The minimum atomic E-state index is -3.21. The molecule has 0 saturated heterocycles. The van der Waals surface area contributed by atoms with E-state index in [2.05, 4.69) is 4.72 Å². The van der Waals surface area contributed by atoms with Crippen LogP contribution in [0.15, 0.2) is 30.3 Å². The van der Waals surface area contributed by atoms with Gasteiger partial charge in [-0.3, -0.25) is 4.79 Å². The predicted molar refractivity (Wildman–Crippen MR) is 79.6 cm³/mol. The molecule has 0 unspecified atom stereocenters. The molecule has 5 nitrogen and oxygen atoms in total. The number of benzene rings is 1. The minimum absolute atomic E-state index is 0.0662. The Kier molecular flexibility index (Phi) is 6.67. The number of carbonyl (C=O) groups excluding carboxylic acids is 1. The van der Waals surface area contributed by atoms with Crippen LogP contribution in [0, 0.1) is 0 Å². The van der Waals surface area contributed by atoms with E-state index in [9.17, 15) is 13.2 Å². The third-order valence-corrected chi connectivity index (χ3v) is 4.43. The van der Waals surface area contributed by atoms with Gasteiger partial charge in [-0.2, -0.15) is 0 Å². The molecule has 0 aliphatic carbocycles. The van der Waals surface area contributed by atoms with Crippen LogP contribution in [0.4, 0.5) is 0 Å². The molecule has 0 radical (unpaired) electrons. The molecule has 1 amide bonds. The number of nitrogens with zero attached hydrogens (tertiary/aromatic N) is 1. The summed E-state index contributed by atoms with van der Waals surface area (Å²) in [6.07, 6.45) is 0.579. The fourth-order valence-electron chi connectivity index (χ4n) is 1.83. The molecular formula is C14H22N2O3S. The summed E-state index contributed by atoms with van der Waals surface area (Å²) in [7, 11) is -3.21. The van der Waals surface area contributed by atoms with Crippen LogP contribution in [-0.4, -0.2) is 38.1 Å². The zero-order chi connectivity index (χ0) is 15.0. The van der Waals surface area contributed by atoms with Crippen LogP contribution >= 0.6 is 0 Å². The van der Waals surface area contributed by atoms with Crippen molar-refractivity contribution in [3.8, 4) is 0 Å². The zero-order valence-corrected chi connectivity index (χ0v) is 12.8. The van der Waals surface area contributed by atoms with Crippen molar-refractivity contribution in [3.05, 3.63) is 35.9 Å². The first-order valence-corrected chi connectivity index (χ1v) is 8.36. The molecule has 1 N–H and O–H groups in total. The zero-order valence-electron chi connectivity index (χ0n) is 12.0. The summed E-state index contributed by atoms with van der Waals surface area (Å²) in [5.41, 5.74) is 1.03. The van der Waals surface area contributed by atoms with Crippen LogP contribution in [-0.2, 0) is 21.4 Å². The average Bonchev–Trinajstić information content (AvgIpc) is 2.38. The third kappa shape index (κ3) is 6.16. The Hall–Kier alpha value is -1.40. The lowest BCUT2D eigenvalue weighted by molar-refractivity contribution is -0.129. The molecule has 6 heteroatoms. The van der Waals surface area contributed by atoms with Gasteiger partial charge in [0.1, 0.15) is 0 Å². The molecule has 0 heterocycles. The Bertz CT molecular complexity index is 514. The van der Waals surface area contributed by atoms with Crippen LogP contribution in [0.2, 0.25) is 0 Å². The van der Waals surface area contributed by atoms with Crippen molar-refractivity contribution >= 4 is 15.9 Å². The number of sulfonamides is 1. The highest BCUT2D eigenvalue weighted by Gasteiger charge is 2.12. The molecular weight excluding hydrogens is 276 g/mol. The van der Waals surface area contributed by atoms with E-state index in [1.54, 1.807) is 4.90 Å². The summed E-state index contributed by atoms with van der Waals surface area (Å²) in [6.45, 7) is 4.41. The minimum Gasteiger partial charge on any atom is -0.337 e. The third-order valence-electron chi connectivity index (χ3n) is 2.84. The number of carbonyl (C=O) groups is 1. The second-order valence-electron chi connectivity index (χ2n) is 4.64. The Morgan fingerprint density at radius 3 is 2.45 bits per heavy atom. The summed E-state index contributed by atoms with van der Waals surface area (Å²) in [4.78, 5) is 13.2. The van der Waals surface area contributed by atoms with Gasteiger partial charge < -0.3 is 4.90 Å². The monoisotopic (exact) mass is 298 g/mol. The smallest absolute Gasteiger partial charge is 0.219 e. The van der Waals surface area contributed by atoms with Gasteiger partial charge in [0.25, 0.3) is 0 Å². The van der Waals surface area contributed by atoms with Gasteiger partial charge in [-0.25, -0.2) is 13.1 Å². The molecule has 112 valence electrons. The standard InChI is InChI=1S/C14H22N2O3S/c1-3-11-20(18,19)15-9-10-16(13(2)17)12-14-7-5-4-6-8-14/h4-8,15H,3,9-12H2,1-2H3. The molecule has 1 rings (SSSR count). The van der Waals surface area contributed by atoms with Gasteiger partial charge in [0, 0.05) is 26.6 Å². The number of nitrogens with one attached hydrogen (secondary N) is 1. The van der Waals surface area contributed by atoms with Gasteiger partial charge in [-0.1, -0.05) is 37.3 Å². The molecule has 0 aromatic heterocycles. The van der Waals surface area contributed by atoms with Crippen molar-refractivity contribution in [2.75, 3.05) is 18.8 Å². The Labute approximate surface area is 121 Å². The maximum atomic E-state index is 11.6.